The number of H-pyrrole nitrogens is 1. The lowest BCUT2D eigenvalue weighted by Gasteiger charge is -2.33. The van der Waals surface area contributed by atoms with Gasteiger partial charge >= 0.3 is 0 Å². The maximum absolute atomic E-state index is 4.38. The Balaban J connectivity index is 1.30. The fourth-order valence-electron chi connectivity index (χ4n) is 2.83. The Morgan fingerprint density at radius 1 is 1.18 bits per heavy atom. The van der Waals surface area contributed by atoms with Crippen LogP contribution in [0.5, 0.6) is 0 Å². The molecule has 22 heavy (non-hydrogen) atoms. The van der Waals surface area contributed by atoms with Crippen molar-refractivity contribution in [2.24, 2.45) is 0 Å². The van der Waals surface area contributed by atoms with E-state index in [1.165, 1.54) is 4.88 Å². The van der Waals surface area contributed by atoms with Crippen LogP contribution in [0.3, 0.4) is 0 Å². The largest absolute Gasteiger partial charge is 0.297 e. The number of imidazole rings is 1. The van der Waals surface area contributed by atoms with Crippen molar-refractivity contribution in [3.8, 4) is 0 Å². The summed E-state index contributed by atoms with van der Waals surface area (Å²) in [4.78, 5) is 16.1. The number of nitrogens with zero attached hydrogens (tertiary/aromatic N) is 6. The van der Waals surface area contributed by atoms with Gasteiger partial charge in [0.15, 0.2) is 10.8 Å². The molecule has 0 atom stereocenters. The van der Waals surface area contributed by atoms with E-state index in [9.17, 15) is 0 Å². The Morgan fingerprint density at radius 2 is 1.95 bits per heavy atom. The van der Waals surface area contributed by atoms with Crippen LogP contribution in [0.25, 0.3) is 4.96 Å². The van der Waals surface area contributed by atoms with E-state index in [1.807, 2.05) is 19.3 Å². The third kappa shape index (κ3) is 2.90. The van der Waals surface area contributed by atoms with Crippen LogP contribution in [0.4, 0.5) is 0 Å². The van der Waals surface area contributed by atoms with Crippen LogP contribution in [0.1, 0.15) is 16.5 Å². The summed E-state index contributed by atoms with van der Waals surface area (Å²) in [6.45, 7) is 8.10. The van der Waals surface area contributed by atoms with E-state index in [-0.39, 0.29) is 0 Å². The van der Waals surface area contributed by atoms with E-state index in [1.54, 1.807) is 11.3 Å². The second-order valence-corrected chi connectivity index (χ2v) is 6.80. The Bertz CT molecular complexity index is 722. The van der Waals surface area contributed by atoms with Gasteiger partial charge in [-0.2, -0.15) is 5.10 Å². The smallest absolute Gasteiger partial charge is 0.193 e. The zero-order valence-electron chi connectivity index (χ0n) is 12.6. The molecule has 0 saturated carbocycles. The molecule has 3 aromatic heterocycles. The molecule has 0 bridgehead atoms. The summed E-state index contributed by atoms with van der Waals surface area (Å²) in [5.74, 6) is 1.78. The zero-order valence-corrected chi connectivity index (χ0v) is 13.4. The van der Waals surface area contributed by atoms with Crippen molar-refractivity contribution in [3.63, 3.8) is 0 Å². The third-order valence-electron chi connectivity index (χ3n) is 3.99. The van der Waals surface area contributed by atoms with Crippen molar-refractivity contribution in [2.75, 3.05) is 26.2 Å². The molecule has 1 aliphatic heterocycles. The molecule has 3 aromatic rings. The number of thiazole rings is 1. The highest BCUT2D eigenvalue weighted by atomic mass is 32.1. The van der Waals surface area contributed by atoms with Gasteiger partial charge in [0, 0.05) is 56.2 Å². The molecule has 1 fully saturated rings. The molecular formula is C14H19N7S. The summed E-state index contributed by atoms with van der Waals surface area (Å²) in [5, 5.41) is 7.12. The number of nitrogens with one attached hydrogen (secondary N) is 1. The molecule has 0 aliphatic carbocycles. The van der Waals surface area contributed by atoms with E-state index >= 15 is 0 Å². The van der Waals surface area contributed by atoms with Crippen LogP contribution >= 0.6 is 11.3 Å². The second-order valence-electron chi connectivity index (χ2n) is 5.70. The maximum Gasteiger partial charge on any atom is 0.193 e. The van der Waals surface area contributed by atoms with Crippen LogP contribution in [0.15, 0.2) is 18.6 Å². The number of fused-ring (bicyclic) bond motifs is 1. The van der Waals surface area contributed by atoms with E-state index < -0.39 is 0 Å². The first-order chi connectivity index (χ1) is 10.8. The Morgan fingerprint density at radius 3 is 2.64 bits per heavy atom. The van der Waals surface area contributed by atoms with Gasteiger partial charge in [-0.25, -0.2) is 9.97 Å². The predicted octanol–water partition coefficient (Wildman–Crippen LogP) is 1.14. The summed E-state index contributed by atoms with van der Waals surface area (Å²) < 4.78 is 2.10. The van der Waals surface area contributed by atoms with Crippen LogP contribution in [0, 0.1) is 6.92 Å². The van der Waals surface area contributed by atoms with Gasteiger partial charge in [0.2, 0.25) is 0 Å². The van der Waals surface area contributed by atoms with Crippen molar-refractivity contribution < 1.29 is 0 Å². The molecule has 7 nitrogen and oxygen atoms in total. The molecule has 0 spiro atoms. The monoisotopic (exact) mass is 317 g/mol. The van der Waals surface area contributed by atoms with E-state index in [2.05, 4.69) is 40.6 Å². The van der Waals surface area contributed by atoms with Crippen LogP contribution < -0.4 is 0 Å². The standard InChI is InChI=1S/C14H19N7S/c1-11-16-13(18-17-11)10-20-6-4-19(5-7-20)8-12-9-21-3-2-15-14(21)22-12/h2-3,9H,4-8,10H2,1H3,(H,16,17,18). The zero-order chi connectivity index (χ0) is 14.9. The lowest BCUT2D eigenvalue weighted by molar-refractivity contribution is 0.120. The average Bonchev–Trinajstić information content (AvgIpc) is 3.18. The first-order valence-corrected chi connectivity index (χ1v) is 8.32. The van der Waals surface area contributed by atoms with Crippen molar-refractivity contribution in [1.29, 1.82) is 0 Å². The summed E-state index contributed by atoms with van der Waals surface area (Å²) >= 11 is 1.78. The normalized spacial score (nSPS) is 17.5. The Hall–Kier alpha value is -1.77. The van der Waals surface area contributed by atoms with Crippen molar-refractivity contribution >= 4 is 16.3 Å². The summed E-state index contributed by atoms with van der Waals surface area (Å²) in [5.41, 5.74) is 0. The molecule has 4 rings (SSSR count). The minimum atomic E-state index is 0.838. The van der Waals surface area contributed by atoms with Gasteiger partial charge in [0.05, 0.1) is 6.54 Å². The molecule has 0 aromatic carbocycles. The SMILES string of the molecule is Cc1nc(CN2CCN(Cc3cn4ccnc4s3)CC2)n[nH]1. The molecule has 8 heteroatoms. The lowest BCUT2D eigenvalue weighted by Crippen LogP contribution is -2.45. The third-order valence-corrected chi connectivity index (χ3v) is 4.99. The highest BCUT2D eigenvalue weighted by Gasteiger charge is 2.19. The molecule has 0 amide bonds. The maximum atomic E-state index is 4.38. The number of aryl methyl sites for hydroxylation is 1. The topological polar surface area (TPSA) is 65.3 Å². The quantitative estimate of drug-likeness (QED) is 0.782. The fourth-order valence-corrected chi connectivity index (χ4v) is 3.81. The van der Waals surface area contributed by atoms with Crippen molar-refractivity contribution in [2.45, 2.75) is 20.0 Å². The summed E-state index contributed by atoms with van der Waals surface area (Å²) in [6, 6.07) is 0. The highest BCUT2D eigenvalue weighted by Crippen LogP contribution is 2.19. The van der Waals surface area contributed by atoms with Crippen LogP contribution in [-0.4, -0.2) is 60.5 Å². The molecule has 1 N–H and O–H groups in total. The molecule has 4 heterocycles. The van der Waals surface area contributed by atoms with Gasteiger partial charge in [-0.1, -0.05) is 11.3 Å². The molecular weight excluding hydrogens is 298 g/mol. The minimum absolute atomic E-state index is 0.838. The number of hydrogen-bond donors (Lipinski definition) is 1. The van der Waals surface area contributed by atoms with Crippen LogP contribution in [-0.2, 0) is 13.1 Å². The lowest BCUT2D eigenvalue weighted by atomic mass is 10.3. The van der Waals surface area contributed by atoms with Crippen LogP contribution in [0.2, 0.25) is 0 Å². The average molecular weight is 317 g/mol. The number of aromatic nitrogens is 5. The number of piperazine rings is 1. The van der Waals surface area contributed by atoms with Gasteiger partial charge in [-0.3, -0.25) is 19.3 Å². The fraction of sp³-hybridized carbons (Fsp3) is 0.500. The summed E-state index contributed by atoms with van der Waals surface area (Å²) in [6.07, 6.45) is 6.04. The van der Waals surface area contributed by atoms with Gasteiger partial charge in [-0.05, 0) is 6.92 Å². The van der Waals surface area contributed by atoms with Gasteiger partial charge in [0.1, 0.15) is 5.82 Å². The van der Waals surface area contributed by atoms with E-state index in [0.29, 0.717) is 0 Å². The minimum Gasteiger partial charge on any atom is -0.297 e. The first kappa shape index (κ1) is 13.9. The number of hydrogen-bond acceptors (Lipinski definition) is 6. The molecule has 0 unspecified atom stereocenters. The Kier molecular flexibility index (Phi) is 3.65. The van der Waals surface area contributed by atoms with E-state index in [4.69, 9.17) is 0 Å². The Labute approximate surface area is 132 Å². The molecule has 0 radical (unpaired) electrons. The van der Waals surface area contributed by atoms with Gasteiger partial charge < -0.3 is 0 Å². The predicted molar refractivity (Wildman–Crippen MR) is 84.7 cm³/mol. The van der Waals surface area contributed by atoms with Crippen molar-refractivity contribution in [1.82, 2.24) is 34.4 Å². The molecule has 1 aliphatic rings. The second kappa shape index (κ2) is 5.79. The van der Waals surface area contributed by atoms with Crippen molar-refractivity contribution in [3.05, 3.63) is 35.1 Å². The summed E-state index contributed by atoms with van der Waals surface area (Å²) in [7, 11) is 0. The van der Waals surface area contributed by atoms with E-state index in [0.717, 1.165) is 55.9 Å². The van der Waals surface area contributed by atoms with Gasteiger partial charge in [0.25, 0.3) is 0 Å². The van der Waals surface area contributed by atoms with Gasteiger partial charge in [-0.15, -0.1) is 0 Å². The first-order valence-electron chi connectivity index (χ1n) is 7.50. The highest BCUT2D eigenvalue weighted by molar-refractivity contribution is 7.17. The number of aromatic amines is 1. The molecule has 116 valence electrons. The molecule has 1 saturated heterocycles. The number of rotatable bonds is 4.